The molecule has 0 aromatic heterocycles. The summed E-state index contributed by atoms with van der Waals surface area (Å²) in [4.78, 5) is 9.58. The lowest BCUT2D eigenvalue weighted by atomic mass is 10.2. The van der Waals surface area contributed by atoms with E-state index >= 15 is 0 Å². The van der Waals surface area contributed by atoms with Crippen LogP contribution in [-0.4, -0.2) is 11.5 Å². The van der Waals surface area contributed by atoms with Crippen molar-refractivity contribution in [2.45, 2.75) is 26.4 Å². The van der Waals surface area contributed by atoms with Crippen molar-refractivity contribution in [1.29, 1.82) is 0 Å². The summed E-state index contributed by atoms with van der Waals surface area (Å²) in [6.45, 7) is 5.05. The maximum absolute atomic E-state index is 10.2. The summed E-state index contributed by atoms with van der Waals surface area (Å²) in [7, 11) is 0. The van der Waals surface area contributed by atoms with Gasteiger partial charge in [0, 0.05) is 5.60 Å². The van der Waals surface area contributed by atoms with Gasteiger partial charge >= 0.3 is 0 Å². The van der Waals surface area contributed by atoms with Crippen LogP contribution in [0.5, 0.6) is 0 Å². The van der Waals surface area contributed by atoms with Crippen molar-refractivity contribution in [1.82, 2.24) is 0 Å². The SMILES string of the molecule is CC(C)(C)OC([O-])=C=O. The molecular weight excluding hydrogens is 120 g/mol. The number of hydrogen-bond acceptors (Lipinski definition) is 3. The molecule has 0 aliphatic carbocycles. The standard InChI is InChI=1S/C6H10O3/c1-6(2,3)9-5(8)4-7/h8H,1-3H3/p-1. The molecule has 0 aromatic rings. The highest BCUT2D eigenvalue weighted by Gasteiger charge is 2.02. The molecule has 0 saturated carbocycles. The summed E-state index contributed by atoms with van der Waals surface area (Å²) < 4.78 is 4.52. The second-order valence-corrected chi connectivity index (χ2v) is 2.60. The highest BCUT2D eigenvalue weighted by Crippen LogP contribution is 2.07. The summed E-state index contributed by atoms with van der Waals surface area (Å²) >= 11 is 0. The fraction of sp³-hybridized carbons (Fsp3) is 0.667. The summed E-state index contributed by atoms with van der Waals surface area (Å²) in [6, 6.07) is 0. The zero-order valence-electron chi connectivity index (χ0n) is 5.72. The molecule has 0 atom stereocenters. The van der Waals surface area contributed by atoms with E-state index in [1.54, 1.807) is 20.8 Å². The van der Waals surface area contributed by atoms with E-state index < -0.39 is 11.5 Å². The van der Waals surface area contributed by atoms with E-state index in [1.165, 1.54) is 0 Å². The van der Waals surface area contributed by atoms with E-state index in [9.17, 15) is 9.90 Å². The molecule has 0 fully saturated rings. The molecule has 3 heteroatoms. The molecule has 0 rings (SSSR count). The molecule has 0 bridgehead atoms. The lowest BCUT2D eigenvalue weighted by Gasteiger charge is -2.28. The van der Waals surface area contributed by atoms with Crippen molar-refractivity contribution in [2.24, 2.45) is 0 Å². The van der Waals surface area contributed by atoms with Gasteiger partial charge in [-0.05, 0) is 0 Å². The molecular formula is C6H9O3-. The molecule has 0 aliphatic heterocycles. The van der Waals surface area contributed by atoms with E-state index in [1.807, 2.05) is 0 Å². The predicted octanol–water partition coefficient (Wildman–Crippen LogP) is -0.165. The zero-order chi connectivity index (χ0) is 7.49. The van der Waals surface area contributed by atoms with Crippen LogP contribution in [0, 0.1) is 0 Å². The lowest BCUT2D eigenvalue weighted by Crippen LogP contribution is -2.24. The van der Waals surface area contributed by atoms with Gasteiger partial charge < -0.3 is 9.84 Å². The first kappa shape index (κ1) is 8.05. The minimum atomic E-state index is -0.942. The number of hydrogen-bond donors (Lipinski definition) is 0. The Morgan fingerprint density at radius 2 is 2.00 bits per heavy atom. The van der Waals surface area contributed by atoms with Crippen molar-refractivity contribution in [3.05, 3.63) is 5.95 Å². The zero-order valence-corrected chi connectivity index (χ0v) is 5.72. The largest absolute Gasteiger partial charge is 0.600 e. The lowest BCUT2D eigenvalue weighted by molar-refractivity contribution is -0.365. The molecule has 0 saturated heterocycles. The quantitative estimate of drug-likeness (QED) is 0.365. The van der Waals surface area contributed by atoms with Gasteiger partial charge in [-0.3, -0.25) is 0 Å². The van der Waals surface area contributed by atoms with Gasteiger partial charge in [-0.1, -0.05) is 20.8 Å². The molecule has 0 radical (unpaired) electrons. The first-order valence-corrected chi connectivity index (χ1v) is 2.57. The van der Waals surface area contributed by atoms with Crippen molar-refractivity contribution in [2.75, 3.05) is 0 Å². The van der Waals surface area contributed by atoms with Crippen LogP contribution < -0.4 is 5.11 Å². The molecule has 3 nitrogen and oxygen atoms in total. The third-order valence-electron chi connectivity index (χ3n) is 0.482. The second-order valence-electron chi connectivity index (χ2n) is 2.60. The predicted molar refractivity (Wildman–Crippen MR) is 30.0 cm³/mol. The maximum Gasteiger partial charge on any atom is 0.148 e. The summed E-state index contributed by atoms with van der Waals surface area (Å²) in [5.74, 6) is 0.168. The van der Waals surface area contributed by atoms with E-state index in [4.69, 9.17) is 0 Å². The van der Waals surface area contributed by atoms with Gasteiger partial charge in [0.15, 0.2) is 0 Å². The van der Waals surface area contributed by atoms with Crippen LogP contribution in [0.1, 0.15) is 20.8 Å². The normalized spacial score (nSPS) is 10.1. The average molecular weight is 129 g/mol. The summed E-state index contributed by atoms with van der Waals surface area (Å²) in [5.41, 5.74) is -0.589. The maximum atomic E-state index is 10.2. The highest BCUT2D eigenvalue weighted by atomic mass is 16.6. The Hall–Kier alpha value is -0.950. The van der Waals surface area contributed by atoms with Crippen molar-refractivity contribution in [3.63, 3.8) is 0 Å². The second kappa shape index (κ2) is 2.55. The van der Waals surface area contributed by atoms with Crippen molar-refractivity contribution < 1.29 is 14.6 Å². The van der Waals surface area contributed by atoms with Gasteiger partial charge in [0.2, 0.25) is 0 Å². The summed E-state index contributed by atoms with van der Waals surface area (Å²) in [5, 5.41) is 10.2. The van der Waals surface area contributed by atoms with Gasteiger partial charge in [0.25, 0.3) is 0 Å². The van der Waals surface area contributed by atoms with Gasteiger partial charge in [-0.25, -0.2) is 4.79 Å². The smallest absolute Gasteiger partial charge is 0.148 e. The minimum Gasteiger partial charge on any atom is -0.600 e. The Balaban J connectivity index is 3.89. The van der Waals surface area contributed by atoms with Crippen molar-refractivity contribution >= 4 is 5.94 Å². The number of rotatable bonds is 1. The average Bonchev–Trinajstić information content (AvgIpc) is 1.62. The van der Waals surface area contributed by atoms with E-state index in [0.29, 0.717) is 0 Å². The molecule has 0 aliphatic rings. The van der Waals surface area contributed by atoms with Gasteiger partial charge in [0.1, 0.15) is 11.9 Å². The van der Waals surface area contributed by atoms with E-state index in [-0.39, 0.29) is 0 Å². The Kier molecular flexibility index (Phi) is 2.29. The number of ether oxygens (including phenoxy) is 1. The van der Waals surface area contributed by atoms with Gasteiger partial charge in [0.05, 0.1) is 0 Å². The molecule has 52 valence electrons. The fourth-order valence-electron chi connectivity index (χ4n) is 0.299. The molecule has 0 amide bonds. The molecule has 9 heavy (non-hydrogen) atoms. The molecule has 0 heterocycles. The first-order valence-electron chi connectivity index (χ1n) is 2.57. The highest BCUT2D eigenvalue weighted by molar-refractivity contribution is 5.45. The molecule has 0 aromatic carbocycles. The Labute approximate surface area is 53.9 Å². The van der Waals surface area contributed by atoms with E-state index in [2.05, 4.69) is 4.74 Å². The summed E-state index contributed by atoms with van der Waals surface area (Å²) in [6.07, 6.45) is 0. The number of carbonyl (C=O) groups excluding carboxylic acids is 1. The molecule has 0 unspecified atom stereocenters. The topological polar surface area (TPSA) is 49.4 Å². The molecule has 0 N–H and O–H groups in total. The van der Waals surface area contributed by atoms with Crippen LogP contribution in [0.25, 0.3) is 0 Å². The Morgan fingerprint density at radius 3 is 2.11 bits per heavy atom. The van der Waals surface area contributed by atoms with Crippen LogP contribution in [0.4, 0.5) is 0 Å². The minimum absolute atomic E-state index is 0.589. The van der Waals surface area contributed by atoms with Gasteiger partial charge in [-0.2, -0.15) is 0 Å². The monoisotopic (exact) mass is 129 g/mol. The third kappa shape index (κ3) is 4.91. The third-order valence-corrected chi connectivity index (χ3v) is 0.482. The van der Waals surface area contributed by atoms with Crippen LogP contribution in [0.2, 0.25) is 0 Å². The Morgan fingerprint density at radius 1 is 1.56 bits per heavy atom. The van der Waals surface area contributed by atoms with Crippen LogP contribution in [-0.2, 0) is 9.53 Å². The van der Waals surface area contributed by atoms with Crippen molar-refractivity contribution in [3.8, 4) is 0 Å². The fourth-order valence-corrected chi connectivity index (χ4v) is 0.299. The van der Waals surface area contributed by atoms with E-state index in [0.717, 1.165) is 5.94 Å². The first-order chi connectivity index (χ1) is 3.95. The van der Waals surface area contributed by atoms with Crippen LogP contribution >= 0.6 is 0 Å². The van der Waals surface area contributed by atoms with Crippen LogP contribution in [0.15, 0.2) is 5.95 Å². The molecule has 0 spiro atoms. The Bertz CT molecular complexity index is 137. The van der Waals surface area contributed by atoms with Gasteiger partial charge in [-0.15, -0.1) is 0 Å². The van der Waals surface area contributed by atoms with Crippen LogP contribution in [0.3, 0.4) is 0 Å².